The maximum atomic E-state index is 13.7. The third-order valence-corrected chi connectivity index (χ3v) is 8.60. The van der Waals surface area contributed by atoms with E-state index in [9.17, 15) is 13.2 Å². The minimum absolute atomic E-state index is 0.00764. The number of rotatable bonds is 7. The second-order valence-electron chi connectivity index (χ2n) is 8.06. The molecule has 1 amide bonds. The SMILES string of the molecule is CSc1ccccc1N(C)/C(C)=C1/SC(=Nc2ccc(S(N)(=O)=O)cc2)N(Cc2ccccc2)C1=O. The monoisotopic (exact) mass is 538 g/mol. The number of thioether (sulfide) groups is 2. The second kappa shape index (κ2) is 10.9. The number of hydrogen-bond donors (Lipinski definition) is 1. The molecule has 186 valence electrons. The number of hydrogen-bond acceptors (Lipinski definition) is 7. The van der Waals surface area contributed by atoms with Gasteiger partial charge in [0.1, 0.15) is 0 Å². The third-order valence-electron chi connectivity index (χ3n) is 5.72. The number of carbonyl (C=O) groups is 1. The number of para-hydroxylation sites is 1. The lowest BCUT2D eigenvalue weighted by atomic mass is 10.2. The van der Waals surface area contributed by atoms with Crippen molar-refractivity contribution in [2.45, 2.75) is 23.3 Å². The van der Waals surface area contributed by atoms with E-state index in [0.717, 1.165) is 21.8 Å². The van der Waals surface area contributed by atoms with E-state index < -0.39 is 10.0 Å². The summed E-state index contributed by atoms with van der Waals surface area (Å²) in [6, 6.07) is 23.8. The Morgan fingerprint density at radius 2 is 1.67 bits per heavy atom. The number of carbonyl (C=O) groups excluding carboxylic acids is 1. The van der Waals surface area contributed by atoms with Gasteiger partial charge in [0, 0.05) is 17.6 Å². The Labute approximate surface area is 220 Å². The van der Waals surface area contributed by atoms with Gasteiger partial charge in [-0.1, -0.05) is 42.5 Å². The van der Waals surface area contributed by atoms with Gasteiger partial charge in [-0.05, 0) is 66.9 Å². The van der Waals surface area contributed by atoms with Crippen LogP contribution < -0.4 is 10.0 Å². The van der Waals surface area contributed by atoms with E-state index in [1.54, 1.807) is 28.8 Å². The van der Waals surface area contributed by atoms with Gasteiger partial charge in [-0.25, -0.2) is 18.5 Å². The molecule has 0 aromatic heterocycles. The van der Waals surface area contributed by atoms with Crippen LogP contribution in [-0.4, -0.2) is 37.7 Å². The van der Waals surface area contributed by atoms with Crippen molar-refractivity contribution in [3.8, 4) is 0 Å². The minimum Gasteiger partial charge on any atom is -0.346 e. The predicted molar refractivity (Wildman–Crippen MR) is 149 cm³/mol. The van der Waals surface area contributed by atoms with Gasteiger partial charge in [0.2, 0.25) is 10.0 Å². The molecule has 0 spiro atoms. The Kier molecular flexibility index (Phi) is 7.89. The smallest absolute Gasteiger partial charge is 0.268 e. The molecule has 4 rings (SSSR count). The van der Waals surface area contributed by atoms with Gasteiger partial charge in [0.25, 0.3) is 5.91 Å². The molecule has 3 aromatic rings. The van der Waals surface area contributed by atoms with Crippen molar-refractivity contribution in [3.05, 3.63) is 95.0 Å². The molecule has 1 saturated heterocycles. The summed E-state index contributed by atoms with van der Waals surface area (Å²) in [6.45, 7) is 2.30. The maximum Gasteiger partial charge on any atom is 0.268 e. The Balaban J connectivity index is 1.74. The van der Waals surface area contributed by atoms with Crippen LogP contribution in [0.2, 0.25) is 0 Å². The summed E-state index contributed by atoms with van der Waals surface area (Å²) in [7, 11) is -1.85. The Morgan fingerprint density at radius 1 is 1.03 bits per heavy atom. The molecule has 0 atom stereocenters. The summed E-state index contributed by atoms with van der Waals surface area (Å²) in [4.78, 5) is 23.8. The number of amides is 1. The topological polar surface area (TPSA) is 96.1 Å². The first kappa shape index (κ1) is 26.0. The maximum absolute atomic E-state index is 13.7. The van der Waals surface area contributed by atoms with Crippen LogP contribution in [-0.2, 0) is 21.4 Å². The number of sulfonamides is 1. The molecule has 1 fully saturated rings. The molecular weight excluding hydrogens is 513 g/mol. The van der Waals surface area contributed by atoms with Gasteiger partial charge >= 0.3 is 0 Å². The first-order valence-electron chi connectivity index (χ1n) is 11.0. The lowest BCUT2D eigenvalue weighted by Gasteiger charge is -2.23. The molecule has 0 bridgehead atoms. The lowest BCUT2D eigenvalue weighted by Crippen LogP contribution is -2.29. The Bertz CT molecular complexity index is 1440. The van der Waals surface area contributed by atoms with E-state index >= 15 is 0 Å². The van der Waals surface area contributed by atoms with Crippen LogP contribution >= 0.6 is 23.5 Å². The van der Waals surface area contributed by atoms with Crippen molar-refractivity contribution >= 4 is 56.0 Å². The van der Waals surface area contributed by atoms with Crippen LogP contribution in [0.25, 0.3) is 0 Å². The number of nitrogens with zero attached hydrogens (tertiary/aromatic N) is 3. The lowest BCUT2D eigenvalue weighted by molar-refractivity contribution is -0.122. The van der Waals surface area contributed by atoms with Gasteiger partial charge in [-0.2, -0.15) is 0 Å². The van der Waals surface area contributed by atoms with E-state index in [1.165, 1.54) is 23.9 Å². The average molecular weight is 539 g/mol. The van der Waals surface area contributed by atoms with Gasteiger partial charge in [-0.3, -0.25) is 9.69 Å². The van der Waals surface area contributed by atoms with Gasteiger partial charge in [0.05, 0.1) is 27.7 Å². The molecule has 10 heteroatoms. The number of allylic oxidation sites excluding steroid dienone is 1. The number of primary sulfonamides is 1. The molecule has 3 aromatic carbocycles. The van der Waals surface area contributed by atoms with Crippen molar-refractivity contribution in [3.63, 3.8) is 0 Å². The summed E-state index contributed by atoms with van der Waals surface area (Å²) >= 11 is 2.96. The first-order chi connectivity index (χ1) is 17.2. The van der Waals surface area contributed by atoms with E-state index in [4.69, 9.17) is 10.1 Å². The van der Waals surface area contributed by atoms with Crippen LogP contribution in [0, 0.1) is 0 Å². The van der Waals surface area contributed by atoms with E-state index in [1.807, 2.05) is 73.7 Å². The van der Waals surface area contributed by atoms with Crippen molar-refractivity contribution in [2.75, 3.05) is 18.2 Å². The van der Waals surface area contributed by atoms with Crippen LogP contribution in [0.1, 0.15) is 12.5 Å². The summed E-state index contributed by atoms with van der Waals surface area (Å²) in [6.07, 6.45) is 2.03. The standard InChI is InChI=1S/C26H26N4O3S3/c1-18(29(2)22-11-7-8-12-23(22)34-3)24-25(31)30(17-19-9-5-4-6-10-19)26(35-24)28-20-13-15-21(16-14-20)36(27,32)33/h4-16H,17H2,1-3H3,(H2,27,32,33)/b24-18+,28-26?. The molecule has 0 unspecified atom stereocenters. The molecule has 1 heterocycles. The quantitative estimate of drug-likeness (QED) is 0.329. The largest absolute Gasteiger partial charge is 0.346 e. The molecule has 7 nitrogen and oxygen atoms in total. The number of anilines is 1. The number of benzene rings is 3. The highest BCUT2D eigenvalue weighted by Crippen LogP contribution is 2.38. The van der Waals surface area contributed by atoms with Crippen molar-refractivity contribution in [2.24, 2.45) is 10.1 Å². The second-order valence-corrected chi connectivity index (χ2v) is 11.4. The summed E-state index contributed by atoms with van der Waals surface area (Å²) in [5.74, 6) is -0.130. The highest BCUT2D eigenvalue weighted by atomic mass is 32.2. The van der Waals surface area contributed by atoms with E-state index in [0.29, 0.717) is 22.3 Å². The zero-order valence-electron chi connectivity index (χ0n) is 20.1. The van der Waals surface area contributed by atoms with Crippen molar-refractivity contribution in [1.29, 1.82) is 0 Å². The Morgan fingerprint density at radius 3 is 2.31 bits per heavy atom. The minimum atomic E-state index is -3.80. The first-order valence-corrected chi connectivity index (χ1v) is 14.6. The Hall–Kier alpha value is -3.05. The van der Waals surface area contributed by atoms with E-state index in [-0.39, 0.29) is 10.8 Å². The molecular formula is C26H26N4O3S3. The number of nitrogens with two attached hydrogens (primary N) is 1. The molecule has 0 radical (unpaired) electrons. The summed E-state index contributed by atoms with van der Waals surface area (Å²) in [5, 5.41) is 5.73. The highest BCUT2D eigenvalue weighted by Gasteiger charge is 2.36. The number of amidine groups is 1. The molecule has 1 aliphatic rings. The predicted octanol–water partition coefficient (Wildman–Crippen LogP) is 5.19. The van der Waals surface area contributed by atoms with Crippen LogP contribution in [0.15, 0.2) is 104 Å². The molecule has 36 heavy (non-hydrogen) atoms. The van der Waals surface area contributed by atoms with Gasteiger partial charge in [-0.15, -0.1) is 11.8 Å². The van der Waals surface area contributed by atoms with Crippen molar-refractivity contribution in [1.82, 2.24) is 4.90 Å². The van der Waals surface area contributed by atoms with Crippen LogP contribution in [0.5, 0.6) is 0 Å². The molecule has 0 aliphatic carbocycles. The fraction of sp³-hybridized carbons (Fsp3) is 0.154. The average Bonchev–Trinajstić information content (AvgIpc) is 3.18. The molecule has 1 aliphatic heterocycles. The van der Waals surface area contributed by atoms with Crippen LogP contribution in [0.3, 0.4) is 0 Å². The van der Waals surface area contributed by atoms with E-state index in [2.05, 4.69) is 6.07 Å². The third kappa shape index (κ3) is 5.67. The normalized spacial score (nSPS) is 16.5. The zero-order chi connectivity index (χ0) is 25.9. The van der Waals surface area contributed by atoms with Crippen LogP contribution in [0.4, 0.5) is 11.4 Å². The summed E-state index contributed by atoms with van der Waals surface area (Å²) < 4.78 is 23.2. The molecule has 0 saturated carbocycles. The van der Waals surface area contributed by atoms with Gasteiger partial charge in [0.15, 0.2) is 5.17 Å². The fourth-order valence-electron chi connectivity index (χ4n) is 3.68. The van der Waals surface area contributed by atoms with Gasteiger partial charge < -0.3 is 4.90 Å². The van der Waals surface area contributed by atoms with Crippen molar-refractivity contribution < 1.29 is 13.2 Å². The number of aliphatic imine (C=N–C) groups is 1. The highest BCUT2D eigenvalue weighted by molar-refractivity contribution is 8.18. The zero-order valence-corrected chi connectivity index (χ0v) is 22.5. The summed E-state index contributed by atoms with van der Waals surface area (Å²) in [5.41, 5.74) is 3.33. The fourth-order valence-corrected chi connectivity index (χ4v) is 5.89. The molecule has 2 N–H and O–H groups in total.